The number of rotatable bonds is 6. The van der Waals surface area contributed by atoms with Gasteiger partial charge >= 0.3 is 12.1 Å². The van der Waals surface area contributed by atoms with Crippen LogP contribution in [-0.2, 0) is 6.18 Å². The molecule has 0 spiro atoms. The van der Waals surface area contributed by atoms with Crippen molar-refractivity contribution in [1.29, 1.82) is 0 Å². The Labute approximate surface area is 198 Å². The molecule has 0 aliphatic heterocycles. The molecular formula is C25H18F3N5O2. The number of halogens is 3. The van der Waals surface area contributed by atoms with E-state index in [-0.39, 0.29) is 11.5 Å². The standard InChI is InChI=1S/C25H18F3N5O2/c1-15-6-7-16(23(34)35)14-22(15)33-32-21-5-3-2-4-19(21)20-12-13-29-24(31-20)30-18-10-8-17(9-11-18)25(26,27)28/h2-14H,1H3,(H,34,35)(H,29,30,31)/b33-32+. The van der Waals surface area contributed by atoms with Gasteiger partial charge in [0.1, 0.15) is 0 Å². The molecule has 4 aromatic rings. The van der Waals surface area contributed by atoms with Crippen LogP contribution in [0.15, 0.2) is 89.2 Å². The van der Waals surface area contributed by atoms with Crippen molar-refractivity contribution >= 4 is 29.0 Å². The number of carboxylic acid groups (broad SMARTS) is 1. The second kappa shape index (κ2) is 9.72. The average Bonchev–Trinajstić information content (AvgIpc) is 2.83. The Kier molecular flexibility index (Phi) is 6.54. The molecule has 176 valence electrons. The smallest absolute Gasteiger partial charge is 0.416 e. The third-order valence-electron chi connectivity index (χ3n) is 5.03. The van der Waals surface area contributed by atoms with Gasteiger partial charge in [-0.2, -0.15) is 18.3 Å². The summed E-state index contributed by atoms with van der Waals surface area (Å²) < 4.78 is 38.4. The second-order valence-electron chi connectivity index (χ2n) is 7.49. The number of benzene rings is 3. The van der Waals surface area contributed by atoms with Crippen LogP contribution in [0.3, 0.4) is 0 Å². The molecule has 4 rings (SSSR count). The Bertz CT molecular complexity index is 1400. The number of carboxylic acids is 1. The summed E-state index contributed by atoms with van der Waals surface area (Å²) in [7, 11) is 0. The van der Waals surface area contributed by atoms with Crippen molar-refractivity contribution in [3.63, 3.8) is 0 Å². The highest BCUT2D eigenvalue weighted by molar-refractivity contribution is 5.88. The first-order valence-electron chi connectivity index (χ1n) is 10.3. The van der Waals surface area contributed by atoms with Crippen molar-refractivity contribution in [2.45, 2.75) is 13.1 Å². The first-order valence-corrected chi connectivity index (χ1v) is 10.3. The molecule has 35 heavy (non-hydrogen) atoms. The summed E-state index contributed by atoms with van der Waals surface area (Å²) in [5, 5.41) is 20.7. The van der Waals surface area contributed by atoms with E-state index in [4.69, 9.17) is 0 Å². The van der Waals surface area contributed by atoms with Gasteiger partial charge in [0.05, 0.1) is 28.2 Å². The Balaban J connectivity index is 1.61. The molecule has 0 bridgehead atoms. The van der Waals surface area contributed by atoms with Crippen molar-refractivity contribution in [2.24, 2.45) is 10.2 Å². The summed E-state index contributed by atoms with van der Waals surface area (Å²) in [4.78, 5) is 19.9. The number of anilines is 2. The van der Waals surface area contributed by atoms with Gasteiger partial charge in [-0.1, -0.05) is 24.3 Å². The summed E-state index contributed by atoms with van der Waals surface area (Å²) in [5.74, 6) is -0.866. The minimum absolute atomic E-state index is 0.104. The van der Waals surface area contributed by atoms with Crippen LogP contribution in [0.5, 0.6) is 0 Å². The van der Waals surface area contributed by atoms with Gasteiger partial charge in [0, 0.05) is 17.4 Å². The van der Waals surface area contributed by atoms with E-state index in [1.54, 1.807) is 43.3 Å². The predicted molar refractivity (Wildman–Crippen MR) is 125 cm³/mol. The zero-order valence-electron chi connectivity index (χ0n) is 18.3. The van der Waals surface area contributed by atoms with E-state index in [2.05, 4.69) is 25.5 Å². The lowest BCUT2D eigenvalue weighted by molar-refractivity contribution is -0.137. The van der Waals surface area contributed by atoms with Crippen LogP contribution in [0.4, 0.5) is 36.2 Å². The van der Waals surface area contributed by atoms with Gasteiger partial charge in [0.2, 0.25) is 5.95 Å². The van der Waals surface area contributed by atoms with Crippen molar-refractivity contribution in [3.05, 3.63) is 95.7 Å². The summed E-state index contributed by atoms with van der Waals surface area (Å²) in [5.41, 5.74) is 2.59. The first-order chi connectivity index (χ1) is 16.7. The number of hydrogen-bond donors (Lipinski definition) is 2. The number of aryl methyl sites for hydroxylation is 1. The van der Waals surface area contributed by atoms with E-state index in [0.717, 1.165) is 17.7 Å². The van der Waals surface area contributed by atoms with Crippen molar-refractivity contribution < 1.29 is 23.1 Å². The molecule has 0 saturated carbocycles. The normalized spacial score (nSPS) is 11.5. The lowest BCUT2D eigenvalue weighted by atomic mass is 10.1. The highest BCUT2D eigenvalue weighted by Crippen LogP contribution is 2.32. The van der Waals surface area contributed by atoms with Gasteiger partial charge in [0.25, 0.3) is 0 Å². The van der Waals surface area contributed by atoms with Crippen molar-refractivity contribution in [3.8, 4) is 11.3 Å². The van der Waals surface area contributed by atoms with Crippen LogP contribution < -0.4 is 5.32 Å². The number of nitrogens with one attached hydrogen (secondary N) is 1. The fourth-order valence-electron chi connectivity index (χ4n) is 3.18. The van der Waals surface area contributed by atoms with E-state index in [0.29, 0.717) is 28.3 Å². The lowest BCUT2D eigenvalue weighted by Gasteiger charge is -2.10. The minimum Gasteiger partial charge on any atom is -0.478 e. The number of aromatic carboxylic acids is 1. The van der Waals surface area contributed by atoms with Gasteiger partial charge in [0.15, 0.2) is 0 Å². The largest absolute Gasteiger partial charge is 0.478 e. The van der Waals surface area contributed by atoms with Gasteiger partial charge < -0.3 is 10.4 Å². The van der Waals surface area contributed by atoms with Crippen molar-refractivity contribution in [2.75, 3.05) is 5.32 Å². The molecule has 0 saturated heterocycles. The minimum atomic E-state index is -4.42. The summed E-state index contributed by atoms with van der Waals surface area (Å²) >= 11 is 0. The average molecular weight is 477 g/mol. The molecule has 0 atom stereocenters. The number of aromatic nitrogens is 2. The zero-order chi connectivity index (χ0) is 25.0. The zero-order valence-corrected chi connectivity index (χ0v) is 18.3. The summed E-state index contributed by atoms with van der Waals surface area (Å²) in [6.45, 7) is 1.80. The molecule has 1 aromatic heterocycles. The van der Waals surface area contributed by atoms with Crippen LogP contribution >= 0.6 is 0 Å². The van der Waals surface area contributed by atoms with E-state index >= 15 is 0 Å². The maximum Gasteiger partial charge on any atom is 0.416 e. The number of azo groups is 1. The SMILES string of the molecule is Cc1ccc(C(=O)O)cc1/N=N/c1ccccc1-c1ccnc(Nc2ccc(C(F)(F)F)cc2)n1. The maximum absolute atomic E-state index is 12.8. The van der Waals surface area contributed by atoms with Crippen LogP contribution in [0.1, 0.15) is 21.5 Å². The number of carbonyl (C=O) groups is 1. The molecule has 0 unspecified atom stereocenters. The van der Waals surface area contributed by atoms with Gasteiger partial charge in [-0.3, -0.25) is 0 Å². The molecule has 0 radical (unpaired) electrons. The highest BCUT2D eigenvalue weighted by Gasteiger charge is 2.29. The monoisotopic (exact) mass is 477 g/mol. The maximum atomic E-state index is 12.8. The molecule has 2 N–H and O–H groups in total. The number of alkyl halides is 3. The molecule has 0 aliphatic rings. The molecule has 10 heteroatoms. The Morgan fingerprint density at radius 3 is 2.37 bits per heavy atom. The van der Waals surface area contributed by atoms with E-state index in [1.807, 2.05) is 0 Å². The Morgan fingerprint density at radius 2 is 1.66 bits per heavy atom. The molecule has 0 amide bonds. The summed E-state index contributed by atoms with van der Waals surface area (Å²) in [6.07, 6.45) is -2.90. The van der Waals surface area contributed by atoms with E-state index in [9.17, 15) is 23.1 Å². The fourth-order valence-corrected chi connectivity index (χ4v) is 3.18. The molecule has 0 fully saturated rings. The molecule has 7 nitrogen and oxygen atoms in total. The lowest BCUT2D eigenvalue weighted by Crippen LogP contribution is -2.04. The third-order valence-corrected chi connectivity index (χ3v) is 5.03. The van der Waals surface area contributed by atoms with Gasteiger partial charge in [-0.15, -0.1) is 5.11 Å². The molecule has 0 aliphatic carbocycles. The van der Waals surface area contributed by atoms with E-state index in [1.165, 1.54) is 30.5 Å². The second-order valence-corrected chi connectivity index (χ2v) is 7.49. The molecule has 1 heterocycles. The van der Waals surface area contributed by atoms with Gasteiger partial charge in [-0.25, -0.2) is 14.8 Å². The van der Waals surface area contributed by atoms with Crippen LogP contribution in [0, 0.1) is 6.92 Å². The van der Waals surface area contributed by atoms with Gasteiger partial charge in [-0.05, 0) is 61.0 Å². The van der Waals surface area contributed by atoms with Crippen LogP contribution in [0.2, 0.25) is 0 Å². The quantitative estimate of drug-likeness (QED) is 0.283. The molecule has 3 aromatic carbocycles. The van der Waals surface area contributed by atoms with Crippen LogP contribution in [-0.4, -0.2) is 21.0 Å². The summed E-state index contributed by atoms with van der Waals surface area (Å²) in [6, 6.07) is 17.9. The highest BCUT2D eigenvalue weighted by atomic mass is 19.4. The topological polar surface area (TPSA) is 99.8 Å². The fraction of sp³-hybridized carbons (Fsp3) is 0.0800. The predicted octanol–water partition coefficient (Wildman–Crippen LogP) is 7.33. The van der Waals surface area contributed by atoms with Crippen LogP contribution in [0.25, 0.3) is 11.3 Å². The van der Waals surface area contributed by atoms with Crippen molar-refractivity contribution in [1.82, 2.24) is 9.97 Å². The first kappa shape index (κ1) is 23.6. The third kappa shape index (κ3) is 5.67. The number of nitrogens with zero attached hydrogens (tertiary/aromatic N) is 4. The Hall–Kier alpha value is -4.60. The number of hydrogen-bond acceptors (Lipinski definition) is 6. The molecular weight excluding hydrogens is 459 g/mol. The van der Waals surface area contributed by atoms with E-state index < -0.39 is 17.7 Å². The Morgan fingerprint density at radius 1 is 0.943 bits per heavy atom.